The predicted octanol–water partition coefficient (Wildman–Crippen LogP) is 0.707. The Balaban J connectivity index is 3.47. The van der Waals surface area contributed by atoms with Crippen molar-refractivity contribution in [1.82, 2.24) is 5.48 Å². The predicted molar refractivity (Wildman–Crippen MR) is 45.4 cm³/mol. The molecule has 0 saturated carbocycles. The van der Waals surface area contributed by atoms with Crippen molar-refractivity contribution in [2.24, 2.45) is 0 Å². The Bertz CT molecular complexity index is 201. The largest absolute Gasteiger partial charge is 0.491 e. The fourth-order valence-corrected chi connectivity index (χ4v) is 0.918. The van der Waals surface area contributed by atoms with E-state index in [9.17, 15) is 9.36 Å². The molecule has 7 heteroatoms. The molecule has 0 rings (SSSR count). The molecule has 0 aromatic heterocycles. The second-order valence-electron chi connectivity index (χ2n) is 2.56. The van der Waals surface area contributed by atoms with E-state index >= 15 is 0 Å². The zero-order valence-electron chi connectivity index (χ0n) is 7.39. The summed E-state index contributed by atoms with van der Waals surface area (Å²) in [5.74, 6) is -0.517. The summed E-state index contributed by atoms with van der Waals surface area (Å²) in [6.07, 6.45) is 2.79. The molecule has 0 atom stereocenters. The molecule has 0 aliphatic rings. The number of unbranched alkanes of at least 4 members (excludes halogenated alkanes) is 2. The van der Waals surface area contributed by atoms with Crippen LogP contribution in [0.2, 0.25) is 0 Å². The molecule has 1 amide bonds. The van der Waals surface area contributed by atoms with E-state index in [0.29, 0.717) is 6.42 Å². The monoisotopic (exact) mass is 211 g/mol. The third kappa shape index (κ3) is 9.49. The first-order valence-electron chi connectivity index (χ1n) is 3.98. The van der Waals surface area contributed by atoms with E-state index in [-0.39, 0.29) is 6.42 Å². The maximum Gasteiger partial charge on any atom is 0.491 e. The number of nitrogens with one attached hydrogen (secondary N) is 1. The lowest BCUT2D eigenvalue weighted by atomic mass is 10.2. The Morgan fingerprint density at radius 2 is 2.08 bits per heavy atom. The van der Waals surface area contributed by atoms with E-state index < -0.39 is 13.7 Å². The number of carbonyl (C=O) groups is 1. The SMILES string of the molecule is CCCCCC(=O)NOP(=O)(O)O. The molecule has 0 aliphatic carbocycles. The summed E-state index contributed by atoms with van der Waals surface area (Å²) in [5, 5.41) is 0. The summed E-state index contributed by atoms with van der Waals surface area (Å²) >= 11 is 0. The Morgan fingerprint density at radius 3 is 2.54 bits per heavy atom. The number of rotatable bonds is 6. The van der Waals surface area contributed by atoms with E-state index in [4.69, 9.17) is 9.79 Å². The zero-order chi connectivity index (χ0) is 10.3. The number of hydroxylamine groups is 1. The summed E-state index contributed by atoms with van der Waals surface area (Å²) in [7, 11) is -4.59. The number of hydrogen-bond donors (Lipinski definition) is 3. The molecule has 0 saturated heterocycles. The Hall–Kier alpha value is -0.420. The first kappa shape index (κ1) is 12.6. The van der Waals surface area contributed by atoms with Crippen molar-refractivity contribution >= 4 is 13.7 Å². The highest BCUT2D eigenvalue weighted by Gasteiger charge is 2.15. The lowest BCUT2D eigenvalue weighted by Gasteiger charge is -2.05. The average molecular weight is 211 g/mol. The third-order valence-corrected chi connectivity index (χ3v) is 1.61. The zero-order valence-corrected chi connectivity index (χ0v) is 8.29. The van der Waals surface area contributed by atoms with Crippen LogP contribution in [0, 0.1) is 0 Å². The van der Waals surface area contributed by atoms with Gasteiger partial charge in [0.05, 0.1) is 0 Å². The van der Waals surface area contributed by atoms with Crippen molar-refractivity contribution in [3.8, 4) is 0 Å². The maximum atomic E-state index is 10.8. The van der Waals surface area contributed by atoms with Gasteiger partial charge >= 0.3 is 7.82 Å². The number of carbonyl (C=O) groups excluding carboxylic acids is 1. The van der Waals surface area contributed by atoms with Crippen LogP contribution in [-0.4, -0.2) is 15.7 Å². The van der Waals surface area contributed by atoms with Gasteiger partial charge in [0.1, 0.15) is 0 Å². The molecule has 0 bridgehead atoms. The second kappa shape index (κ2) is 6.10. The Kier molecular flexibility index (Phi) is 5.90. The van der Waals surface area contributed by atoms with Crippen molar-refractivity contribution in [2.45, 2.75) is 32.6 Å². The Labute approximate surface area is 76.5 Å². The van der Waals surface area contributed by atoms with E-state index in [1.54, 1.807) is 5.48 Å². The van der Waals surface area contributed by atoms with Crippen LogP contribution in [0.1, 0.15) is 32.6 Å². The Morgan fingerprint density at radius 1 is 1.46 bits per heavy atom. The molecular formula is C6H14NO5P. The molecule has 0 spiro atoms. The molecule has 13 heavy (non-hydrogen) atoms. The standard InChI is InChI=1S/C6H14NO5P/c1-2-3-4-5-6(8)7-12-13(9,10)11/h2-5H2,1H3,(H,7,8)(H2,9,10,11). The highest BCUT2D eigenvalue weighted by atomic mass is 31.2. The molecule has 0 aromatic rings. The van der Waals surface area contributed by atoms with Crippen molar-refractivity contribution in [3.05, 3.63) is 0 Å². The fourth-order valence-electron chi connectivity index (χ4n) is 0.697. The molecular weight excluding hydrogens is 197 g/mol. The van der Waals surface area contributed by atoms with Gasteiger partial charge in [-0.25, -0.2) is 10.0 Å². The molecule has 0 aliphatic heterocycles. The summed E-state index contributed by atoms with van der Waals surface area (Å²) in [5.41, 5.74) is 1.68. The van der Waals surface area contributed by atoms with Crippen molar-refractivity contribution in [1.29, 1.82) is 0 Å². The molecule has 78 valence electrons. The first-order chi connectivity index (χ1) is 5.95. The van der Waals surface area contributed by atoms with E-state index in [1.165, 1.54) is 0 Å². The van der Waals surface area contributed by atoms with Crippen LogP contribution < -0.4 is 5.48 Å². The van der Waals surface area contributed by atoms with E-state index in [0.717, 1.165) is 12.8 Å². The lowest BCUT2D eigenvalue weighted by Crippen LogP contribution is -2.21. The van der Waals surface area contributed by atoms with Crippen LogP contribution in [0.25, 0.3) is 0 Å². The van der Waals surface area contributed by atoms with Crippen molar-refractivity contribution in [3.63, 3.8) is 0 Å². The first-order valence-corrected chi connectivity index (χ1v) is 5.51. The van der Waals surface area contributed by atoms with Crippen LogP contribution in [0.5, 0.6) is 0 Å². The van der Waals surface area contributed by atoms with Crippen molar-refractivity contribution < 1.29 is 23.8 Å². The summed E-state index contributed by atoms with van der Waals surface area (Å²) in [6, 6.07) is 0. The minimum atomic E-state index is -4.59. The average Bonchev–Trinajstić information content (AvgIpc) is 2.00. The van der Waals surface area contributed by atoms with Crippen molar-refractivity contribution in [2.75, 3.05) is 0 Å². The van der Waals surface area contributed by atoms with E-state index in [2.05, 4.69) is 4.62 Å². The minimum Gasteiger partial charge on any atom is -0.301 e. The number of amides is 1. The lowest BCUT2D eigenvalue weighted by molar-refractivity contribution is -0.128. The maximum absolute atomic E-state index is 10.8. The molecule has 0 aromatic carbocycles. The van der Waals surface area contributed by atoms with Gasteiger partial charge in [-0.2, -0.15) is 4.62 Å². The third-order valence-electron chi connectivity index (χ3n) is 1.29. The summed E-state index contributed by atoms with van der Waals surface area (Å²) in [4.78, 5) is 27.2. The van der Waals surface area contributed by atoms with E-state index in [1.807, 2.05) is 6.92 Å². The van der Waals surface area contributed by atoms with Gasteiger partial charge in [-0.05, 0) is 6.42 Å². The quantitative estimate of drug-likeness (QED) is 0.341. The fraction of sp³-hybridized carbons (Fsp3) is 0.833. The van der Waals surface area contributed by atoms with Gasteiger partial charge in [0.2, 0.25) is 5.91 Å². The molecule has 0 radical (unpaired) electrons. The van der Waals surface area contributed by atoms with Crippen LogP contribution in [0.3, 0.4) is 0 Å². The highest BCUT2D eigenvalue weighted by Crippen LogP contribution is 2.33. The topological polar surface area (TPSA) is 95.9 Å². The van der Waals surface area contributed by atoms with Gasteiger partial charge in [-0.1, -0.05) is 19.8 Å². The van der Waals surface area contributed by atoms with Gasteiger partial charge in [0, 0.05) is 6.42 Å². The molecule has 0 unspecified atom stereocenters. The van der Waals surface area contributed by atoms with Gasteiger partial charge in [0.15, 0.2) is 0 Å². The van der Waals surface area contributed by atoms with Gasteiger partial charge < -0.3 is 9.79 Å². The molecule has 3 N–H and O–H groups in total. The summed E-state index contributed by atoms with van der Waals surface area (Å²) in [6.45, 7) is 1.99. The van der Waals surface area contributed by atoms with Gasteiger partial charge in [0.25, 0.3) is 0 Å². The van der Waals surface area contributed by atoms with Crippen LogP contribution >= 0.6 is 7.82 Å². The molecule has 6 nitrogen and oxygen atoms in total. The molecule has 0 fully saturated rings. The number of phosphoric acid groups is 1. The van der Waals surface area contributed by atoms with Gasteiger partial charge in [-0.15, -0.1) is 0 Å². The summed E-state index contributed by atoms with van der Waals surface area (Å²) < 4.78 is 13.9. The normalized spacial score (nSPS) is 11.3. The highest BCUT2D eigenvalue weighted by molar-refractivity contribution is 7.46. The van der Waals surface area contributed by atoms with Crippen LogP contribution in [-0.2, 0) is 14.0 Å². The van der Waals surface area contributed by atoms with Crippen LogP contribution in [0.15, 0.2) is 0 Å². The smallest absolute Gasteiger partial charge is 0.301 e. The number of hydrogen-bond acceptors (Lipinski definition) is 3. The second-order valence-corrected chi connectivity index (χ2v) is 3.73. The minimum absolute atomic E-state index is 0.216. The molecule has 0 heterocycles. The van der Waals surface area contributed by atoms with Crippen LogP contribution in [0.4, 0.5) is 0 Å². The van der Waals surface area contributed by atoms with Gasteiger partial charge in [-0.3, -0.25) is 4.79 Å².